The van der Waals surface area contributed by atoms with E-state index in [-0.39, 0.29) is 10.9 Å². The molecule has 1 heterocycles. The summed E-state index contributed by atoms with van der Waals surface area (Å²) < 4.78 is 27.9. The lowest BCUT2D eigenvalue weighted by Gasteiger charge is -2.27. The van der Waals surface area contributed by atoms with Crippen molar-refractivity contribution < 1.29 is 13.2 Å². The number of amides is 1. The standard InChI is InChI=1S/C19H20N2O3S/c1-12(2)18-11-15-10-14(19(20)22)6-9-17(15)21(18)25(23,24)16-7-4-13(3)5-8-16/h4-10,18H,1,11H2,2-3H3,(H2,20,22). The van der Waals surface area contributed by atoms with Crippen LogP contribution in [0.4, 0.5) is 5.69 Å². The Morgan fingerprint density at radius 2 is 1.84 bits per heavy atom. The second-order valence-electron chi connectivity index (χ2n) is 6.39. The van der Waals surface area contributed by atoms with Crippen LogP contribution < -0.4 is 10.0 Å². The van der Waals surface area contributed by atoms with Crippen LogP contribution in [0.5, 0.6) is 0 Å². The minimum Gasteiger partial charge on any atom is -0.366 e. The van der Waals surface area contributed by atoms with Crippen molar-refractivity contribution in [1.82, 2.24) is 0 Å². The summed E-state index contributed by atoms with van der Waals surface area (Å²) in [6.45, 7) is 7.67. The lowest BCUT2D eigenvalue weighted by atomic mass is 10.0. The molecule has 0 radical (unpaired) electrons. The Balaban J connectivity index is 2.15. The third-order valence-corrected chi connectivity index (χ3v) is 6.28. The third kappa shape index (κ3) is 2.93. The smallest absolute Gasteiger partial charge is 0.264 e. The highest BCUT2D eigenvalue weighted by molar-refractivity contribution is 7.92. The zero-order chi connectivity index (χ0) is 18.4. The fourth-order valence-corrected chi connectivity index (χ4v) is 4.81. The van der Waals surface area contributed by atoms with E-state index in [0.29, 0.717) is 17.7 Å². The van der Waals surface area contributed by atoms with Gasteiger partial charge in [0.2, 0.25) is 5.91 Å². The minimum absolute atomic E-state index is 0.233. The molecule has 0 spiro atoms. The van der Waals surface area contributed by atoms with Gasteiger partial charge in [-0.15, -0.1) is 0 Å². The molecule has 2 aromatic rings. The molecule has 1 amide bonds. The first-order chi connectivity index (χ1) is 11.7. The van der Waals surface area contributed by atoms with Gasteiger partial charge in [0.15, 0.2) is 0 Å². The van der Waals surface area contributed by atoms with Gasteiger partial charge in [-0.2, -0.15) is 0 Å². The molecule has 2 aromatic carbocycles. The first kappa shape index (κ1) is 17.2. The third-order valence-electron chi connectivity index (χ3n) is 4.44. The van der Waals surface area contributed by atoms with Crippen molar-refractivity contribution in [2.24, 2.45) is 5.73 Å². The molecule has 0 bridgehead atoms. The zero-order valence-electron chi connectivity index (χ0n) is 14.2. The number of carbonyl (C=O) groups excluding carboxylic acids is 1. The maximum absolute atomic E-state index is 13.2. The van der Waals surface area contributed by atoms with Crippen LogP contribution in [0, 0.1) is 6.92 Å². The van der Waals surface area contributed by atoms with Crippen LogP contribution in [0.15, 0.2) is 59.5 Å². The van der Waals surface area contributed by atoms with Crippen LogP contribution in [0.2, 0.25) is 0 Å². The van der Waals surface area contributed by atoms with Crippen molar-refractivity contribution in [1.29, 1.82) is 0 Å². The Hall–Kier alpha value is -2.60. The Kier molecular flexibility index (Phi) is 4.16. The van der Waals surface area contributed by atoms with E-state index in [1.54, 1.807) is 42.5 Å². The van der Waals surface area contributed by atoms with Crippen molar-refractivity contribution in [2.45, 2.75) is 31.2 Å². The molecule has 1 atom stereocenters. The number of carbonyl (C=O) groups is 1. The molecule has 0 fully saturated rings. The van der Waals surface area contributed by atoms with Gasteiger partial charge in [0.05, 0.1) is 16.6 Å². The van der Waals surface area contributed by atoms with E-state index < -0.39 is 15.9 Å². The van der Waals surface area contributed by atoms with Gasteiger partial charge in [0, 0.05) is 5.56 Å². The summed E-state index contributed by atoms with van der Waals surface area (Å²) in [4.78, 5) is 11.7. The summed E-state index contributed by atoms with van der Waals surface area (Å²) >= 11 is 0. The zero-order valence-corrected chi connectivity index (χ0v) is 15.0. The van der Waals surface area contributed by atoms with Gasteiger partial charge in [-0.25, -0.2) is 8.42 Å². The van der Waals surface area contributed by atoms with Crippen molar-refractivity contribution in [3.63, 3.8) is 0 Å². The van der Waals surface area contributed by atoms with E-state index >= 15 is 0 Å². The Morgan fingerprint density at radius 3 is 2.40 bits per heavy atom. The Labute approximate surface area is 147 Å². The van der Waals surface area contributed by atoms with Crippen LogP contribution in [0.25, 0.3) is 0 Å². The highest BCUT2D eigenvalue weighted by Crippen LogP contribution is 2.39. The molecule has 25 heavy (non-hydrogen) atoms. The molecule has 0 aromatic heterocycles. The van der Waals surface area contributed by atoms with Crippen LogP contribution in [-0.4, -0.2) is 20.4 Å². The molecular formula is C19H20N2O3S. The molecule has 0 saturated carbocycles. The molecular weight excluding hydrogens is 336 g/mol. The van der Waals surface area contributed by atoms with Gasteiger partial charge in [0.25, 0.3) is 10.0 Å². The number of fused-ring (bicyclic) bond motifs is 1. The fraction of sp³-hybridized carbons (Fsp3) is 0.211. The average molecular weight is 356 g/mol. The van der Waals surface area contributed by atoms with Crippen molar-refractivity contribution in [3.8, 4) is 0 Å². The van der Waals surface area contributed by atoms with Gasteiger partial charge in [-0.1, -0.05) is 29.8 Å². The van der Waals surface area contributed by atoms with Crippen molar-refractivity contribution >= 4 is 21.6 Å². The first-order valence-corrected chi connectivity index (χ1v) is 9.35. The highest BCUT2D eigenvalue weighted by atomic mass is 32.2. The van der Waals surface area contributed by atoms with Crippen molar-refractivity contribution in [3.05, 3.63) is 71.3 Å². The largest absolute Gasteiger partial charge is 0.366 e. The summed E-state index contributed by atoms with van der Waals surface area (Å²) in [5.74, 6) is -0.533. The number of hydrogen-bond donors (Lipinski definition) is 1. The molecule has 1 unspecified atom stereocenters. The van der Waals surface area contributed by atoms with E-state index in [9.17, 15) is 13.2 Å². The van der Waals surface area contributed by atoms with E-state index in [2.05, 4.69) is 6.58 Å². The predicted molar refractivity (Wildman–Crippen MR) is 98.1 cm³/mol. The maximum Gasteiger partial charge on any atom is 0.264 e. The lowest BCUT2D eigenvalue weighted by Crippen LogP contribution is -2.38. The maximum atomic E-state index is 13.2. The number of nitrogens with two attached hydrogens (primary N) is 1. The minimum atomic E-state index is -3.74. The Morgan fingerprint density at radius 1 is 1.20 bits per heavy atom. The summed E-state index contributed by atoms with van der Waals surface area (Å²) in [7, 11) is -3.74. The van der Waals surface area contributed by atoms with Gasteiger partial charge in [0.1, 0.15) is 0 Å². The lowest BCUT2D eigenvalue weighted by molar-refractivity contribution is 0.1000. The van der Waals surface area contributed by atoms with E-state index in [1.807, 2.05) is 13.8 Å². The molecule has 130 valence electrons. The van der Waals surface area contributed by atoms with Crippen LogP contribution >= 0.6 is 0 Å². The van der Waals surface area contributed by atoms with Crippen molar-refractivity contribution in [2.75, 3.05) is 4.31 Å². The number of benzene rings is 2. The van der Waals surface area contributed by atoms with Gasteiger partial charge < -0.3 is 5.73 Å². The number of primary amides is 1. The normalized spacial score (nSPS) is 16.6. The SMILES string of the molecule is C=C(C)C1Cc2cc(C(N)=O)ccc2N1S(=O)(=O)c1ccc(C)cc1. The highest BCUT2D eigenvalue weighted by Gasteiger charge is 2.39. The molecule has 0 aliphatic carbocycles. The van der Waals surface area contributed by atoms with E-state index in [1.165, 1.54) is 4.31 Å². The Bertz CT molecular complexity index is 963. The molecule has 2 N–H and O–H groups in total. The molecule has 1 aliphatic rings. The summed E-state index contributed by atoms with van der Waals surface area (Å²) in [6.07, 6.45) is 0.469. The summed E-state index contributed by atoms with van der Waals surface area (Å²) in [6, 6.07) is 11.2. The van der Waals surface area contributed by atoms with Gasteiger partial charge >= 0.3 is 0 Å². The number of nitrogens with zero attached hydrogens (tertiary/aromatic N) is 1. The summed E-state index contributed by atoms with van der Waals surface area (Å²) in [5, 5.41) is 0. The van der Waals surface area contributed by atoms with E-state index in [0.717, 1.165) is 16.7 Å². The first-order valence-electron chi connectivity index (χ1n) is 7.91. The average Bonchev–Trinajstić information content (AvgIpc) is 2.94. The monoisotopic (exact) mass is 356 g/mol. The molecule has 3 rings (SSSR count). The van der Waals surface area contributed by atoms with Gasteiger partial charge in [-0.3, -0.25) is 9.10 Å². The second kappa shape index (κ2) is 6.04. The predicted octanol–water partition coefficient (Wildman–Crippen LogP) is 2.79. The van der Waals surface area contributed by atoms with Crippen LogP contribution in [-0.2, 0) is 16.4 Å². The number of aryl methyl sites for hydroxylation is 1. The van der Waals surface area contributed by atoms with E-state index in [4.69, 9.17) is 5.73 Å². The quantitative estimate of drug-likeness (QED) is 0.856. The number of rotatable bonds is 4. The van der Waals surface area contributed by atoms with Gasteiger partial charge in [-0.05, 0) is 56.2 Å². The second-order valence-corrected chi connectivity index (χ2v) is 8.20. The number of sulfonamides is 1. The number of hydrogen-bond acceptors (Lipinski definition) is 3. The molecule has 5 nitrogen and oxygen atoms in total. The number of anilines is 1. The fourth-order valence-electron chi connectivity index (χ4n) is 3.07. The van der Waals surface area contributed by atoms with Crippen LogP contribution in [0.3, 0.4) is 0 Å². The molecule has 1 aliphatic heterocycles. The summed E-state index contributed by atoms with van der Waals surface area (Å²) in [5.41, 5.74) is 8.79. The molecule has 0 saturated heterocycles. The van der Waals surface area contributed by atoms with Crippen LogP contribution in [0.1, 0.15) is 28.4 Å². The topological polar surface area (TPSA) is 80.5 Å². The molecule has 6 heteroatoms.